The van der Waals surface area contributed by atoms with Crippen LogP contribution in [-0.4, -0.2) is 35.4 Å². The highest BCUT2D eigenvalue weighted by Gasteiger charge is 2.25. The molecule has 0 bridgehead atoms. The molecule has 1 aliphatic rings. The van der Waals surface area contributed by atoms with Crippen molar-refractivity contribution in [1.29, 1.82) is 0 Å². The predicted molar refractivity (Wildman–Crippen MR) is 86.3 cm³/mol. The lowest BCUT2D eigenvalue weighted by Gasteiger charge is -2.24. The molecule has 3 heterocycles. The second-order valence-electron chi connectivity index (χ2n) is 5.51. The van der Waals surface area contributed by atoms with Gasteiger partial charge in [0.15, 0.2) is 11.0 Å². The van der Waals surface area contributed by atoms with Gasteiger partial charge in [-0.25, -0.2) is 4.98 Å². The Hall–Kier alpha value is -1.37. The Labute approximate surface area is 138 Å². The maximum absolute atomic E-state index is 12.7. The van der Waals surface area contributed by atoms with E-state index in [1.165, 1.54) is 0 Å². The molecule has 1 amide bonds. The number of aromatic nitrogens is 1. The number of amides is 1. The molecule has 0 aromatic carbocycles. The quantitative estimate of drug-likeness (QED) is 0.910. The summed E-state index contributed by atoms with van der Waals surface area (Å²) in [7, 11) is 0. The molecule has 0 spiro atoms. The molecule has 5 nitrogen and oxygen atoms in total. The Morgan fingerprint density at radius 3 is 3.05 bits per heavy atom. The lowest BCUT2D eigenvalue weighted by atomic mass is 10.1. The van der Waals surface area contributed by atoms with E-state index in [2.05, 4.69) is 10.3 Å². The molecule has 1 N–H and O–H groups in total. The zero-order valence-electron chi connectivity index (χ0n) is 12.3. The van der Waals surface area contributed by atoms with E-state index in [0.29, 0.717) is 19.0 Å². The smallest absolute Gasteiger partial charge is 0.289 e. The number of carbonyl (C=O) groups is 1. The van der Waals surface area contributed by atoms with Gasteiger partial charge in [-0.15, -0.1) is 11.3 Å². The van der Waals surface area contributed by atoms with E-state index in [0.717, 1.165) is 30.1 Å². The van der Waals surface area contributed by atoms with Crippen LogP contribution in [0.2, 0.25) is 5.22 Å². The number of aryl methyl sites for hydroxylation is 1. The Kier molecular flexibility index (Phi) is 4.81. The zero-order chi connectivity index (χ0) is 15.5. The minimum atomic E-state index is -0.119. The van der Waals surface area contributed by atoms with Crippen molar-refractivity contribution in [2.45, 2.75) is 19.9 Å². The average molecular weight is 340 g/mol. The van der Waals surface area contributed by atoms with Gasteiger partial charge in [-0.1, -0.05) is 0 Å². The first-order valence-electron chi connectivity index (χ1n) is 7.28. The molecule has 22 heavy (non-hydrogen) atoms. The van der Waals surface area contributed by atoms with E-state index in [-0.39, 0.29) is 16.9 Å². The lowest BCUT2D eigenvalue weighted by molar-refractivity contribution is 0.0688. The number of halogens is 1. The second kappa shape index (κ2) is 6.81. The van der Waals surface area contributed by atoms with Crippen molar-refractivity contribution in [2.75, 3.05) is 19.6 Å². The van der Waals surface area contributed by atoms with E-state index in [9.17, 15) is 4.79 Å². The summed E-state index contributed by atoms with van der Waals surface area (Å²) in [5.41, 5.74) is 2.79. The van der Waals surface area contributed by atoms with Gasteiger partial charge in [0, 0.05) is 11.4 Å². The van der Waals surface area contributed by atoms with E-state index in [1.54, 1.807) is 23.5 Å². The molecule has 7 heteroatoms. The minimum absolute atomic E-state index is 0.119. The fourth-order valence-electron chi connectivity index (χ4n) is 2.64. The molecule has 0 radical (unpaired) electrons. The molecule has 0 unspecified atom stereocenters. The van der Waals surface area contributed by atoms with E-state index >= 15 is 0 Å². The molecule has 1 aliphatic heterocycles. The van der Waals surface area contributed by atoms with Gasteiger partial charge in [-0.05, 0) is 56.1 Å². The van der Waals surface area contributed by atoms with Crippen molar-refractivity contribution >= 4 is 28.8 Å². The zero-order valence-corrected chi connectivity index (χ0v) is 13.9. The van der Waals surface area contributed by atoms with Crippen LogP contribution in [0, 0.1) is 12.8 Å². The standard InChI is InChI=1S/C15H18ClN3O2S/c1-10-13(22-9-18-10)8-19(7-11-4-5-17-6-11)15(20)12-2-3-14(16)21-12/h2-3,9,11,17H,4-8H2,1H3/t11-/m0/s1. The summed E-state index contributed by atoms with van der Waals surface area (Å²) in [6.07, 6.45) is 1.09. The summed E-state index contributed by atoms with van der Waals surface area (Å²) >= 11 is 7.37. The highest BCUT2D eigenvalue weighted by molar-refractivity contribution is 7.09. The Balaban J connectivity index is 1.78. The summed E-state index contributed by atoms with van der Waals surface area (Å²) in [4.78, 5) is 19.9. The molecule has 3 rings (SSSR count). The van der Waals surface area contributed by atoms with Crippen LogP contribution in [0.15, 0.2) is 22.1 Å². The van der Waals surface area contributed by atoms with Gasteiger partial charge in [-0.2, -0.15) is 0 Å². The van der Waals surface area contributed by atoms with Crippen LogP contribution in [0.4, 0.5) is 0 Å². The Bertz CT molecular complexity index is 649. The molecule has 0 aliphatic carbocycles. The van der Waals surface area contributed by atoms with Gasteiger partial charge in [0.1, 0.15) is 0 Å². The van der Waals surface area contributed by atoms with E-state index in [1.807, 2.05) is 17.3 Å². The van der Waals surface area contributed by atoms with E-state index in [4.69, 9.17) is 16.0 Å². The number of nitrogens with zero attached hydrogens (tertiary/aromatic N) is 2. The van der Waals surface area contributed by atoms with Crippen molar-refractivity contribution in [2.24, 2.45) is 5.92 Å². The van der Waals surface area contributed by atoms with Crippen LogP contribution in [0.25, 0.3) is 0 Å². The van der Waals surface area contributed by atoms with Crippen molar-refractivity contribution in [3.63, 3.8) is 0 Å². The molecular formula is C15H18ClN3O2S. The third-order valence-corrected chi connectivity index (χ3v) is 5.01. The molecule has 2 aromatic heterocycles. The normalized spacial score (nSPS) is 17.8. The van der Waals surface area contributed by atoms with Crippen molar-refractivity contribution in [3.8, 4) is 0 Å². The summed E-state index contributed by atoms with van der Waals surface area (Å²) in [6.45, 7) is 5.20. The molecular weight excluding hydrogens is 322 g/mol. The van der Waals surface area contributed by atoms with Crippen molar-refractivity contribution in [3.05, 3.63) is 39.2 Å². The number of hydrogen-bond donors (Lipinski definition) is 1. The fourth-order valence-corrected chi connectivity index (χ4v) is 3.58. The SMILES string of the molecule is Cc1ncsc1CN(C[C@H]1CCNC1)C(=O)c1ccc(Cl)o1. The van der Waals surface area contributed by atoms with Gasteiger partial charge in [-0.3, -0.25) is 4.79 Å². The predicted octanol–water partition coefficient (Wildman–Crippen LogP) is 2.95. The first-order valence-corrected chi connectivity index (χ1v) is 8.53. The lowest BCUT2D eigenvalue weighted by Crippen LogP contribution is -2.35. The van der Waals surface area contributed by atoms with Crippen LogP contribution >= 0.6 is 22.9 Å². The Morgan fingerprint density at radius 2 is 2.45 bits per heavy atom. The second-order valence-corrected chi connectivity index (χ2v) is 6.82. The highest BCUT2D eigenvalue weighted by atomic mass is 35.5. The number of furan rings is 1. The largest absolute Gasteiger partial charge is 0.440 e. The van der Waals surface area contributed by atoms with Crippen LogP contribution in [-0.2, 0) is 6.54 Å². The summed E-state index contributed by atoms with van der Waals surface area (Å²) in [5.74, 6) is 0.646. The fraction of sp³-hybridized carbons (Fsp3) is 0.467. The summed E-state index contributed by atoms with van der Waals surface area (Å²) in [5, 5.41) is 3.57. The van der Waals surface area contributed by atoms with Gasteiger partial charge in [0.2, 0.25) is 0 Å². The van der Waals surface area contributed by atoms with Crippen molar-refractivity contribution in [1.82, 2.24) is 15.2 Å². The van der Waals surface area contributed by atoms with Gasteiger partial charge >= 0.3 is 0 Å². The number of carbonyl (C=O) groups excluding carboxylic acids is 1. The maximum atomic E-state index is 12.7. The number of hydrogen-bond acceptors (Lipinski definition) is 5. The maximum Gasteiger partial charge on any atom is 0.289 e. The first kappa shape index (κ1) is 15.5. The van der Waals surface area contributed by atoms with Gasteiger partial charge in [0.25, 0.3) is 5.91 Å². The van der Waals surface area contributed by atoms with E-state index < -0.39 is 0 Å². The Morgan fingerprint density at radius 1 is 1.59 bits per heavy atom. The molecule has 0 saturated carbocycles. The molecule has 118 valence electrons. The number of rotatable bonds is 5. The van der Waals surface area contributed by atoms with Gasteiger partial charge < -0.3 is 14.6 Å². The molecule has 1 fully saturated rings. The van der Waals surface area contributed by atoms with Crippen molar-refractivity contribution < 1.29 is 9.21 Å². The molecule has 1 atom stereocenters. The summed E-state index contributed by atoms with van der Waals surface area (Å²) < 4.78 is 5.29. The van der Waals surface area contributed by atoms with Crippen LogP contribution in [0.1, 0.15) is 27.5 Å². The average Bonchev–Trinajstić information content (AvgIpc) is 3.22. The molecule has 2 aromatic rings. The number of nitrogens with one attached hydrogen (secondary N) is 1. The van der Waals surface area contributed by atoms with Crippen LogP contribution in [0.5, 0.6) is 0 Å². The highest BCUT2D eigenvalue weighted by Crippen LogP contribution is 2.21. The first-order chi connectivity index (χ1) is 10.6. The molecule has 1 saturated heterocycles. The monoisotopic (exact) mass is 339 g/mol. The van der Waals surface area contributed by atoms with Gasteiger partial charge in [0.05, 0.1) is 17.7 Å². The topological polar surface area (TPSA) is 58.4 Å². The van der Waals surface area contributed by atoms with Crippen LogP contribution in [0.3, 0.4) is 0 Å². The minimum Gasteiger partial charge on any atom is -0.440 e. The third kappa shape index (κ3) is 3.51. The summed E-state index contributed by atoms with van der Waals surface area (Å²) in [6, 6.07) is 3.23. The van der Waals surface area contributed by atoms with Crippen LogP contribution < -0.4 is 5.32 Å². The number of thiazole rings is 1. The third-order valence-electron chi connectivity index (χ3n) is 3.89.